The van der Waals surface area contributed by atoms with Gasteiger partial charge in [-0.2, -0.15) is 27.5 Å². The molecule has 0 radical (unpaired) electrons. The SMILES string of the molecule is CCc1nc2c(C)cc(F)cc2n1-c1nc(N)c(F)c(Nc2ccc(C(F)(F)F)cc2)n1. The number of imidazole rings is 1. The molecule has 4 rings (SSSR count). The summed E-state index contributed by atoms with van der Waals surface area (Å²) in [5.74, 6) is -1.84. The number of rotatable bonds is 4. The third kappa shape index (κ3) is 3.81. The number of benzene rings is 2. The lowest BCUT2D eigenvalue weighted by Gasteiger charge is -2.13. The lowest BCUT2D eigenvalue weighted by Crippen LogP contribution is -2.12. The Balaban J connectivity index is 1.82. The van der Waals surface area contributed by atoms with Crippen molar-refractivity contribution < 1.29 is 22.0 Å². The molecular weight excluding hydrogens is 431 g/mol. The lowest BCUT2D eigenvalue weighted by atomic mass is 10.2. The van der Waals surface area contributed by atoms with Gasteiger partial charge in [0.15, 0.2) is 11.6 Å². The van der Waals surface area contributed by atoms with E-state index >= 15 is 0 Å². The van der Waals surface area contributed by atoms with Crippen LogP contribution in [0.4, 0.5) is 39.3 Å². The van der Waals surface area contributed by atoms with E-state index in [1.165, 1.54) is 16.7 Å². The second-order valence-electron chi connectivity index (χ2n) is 7.08. The fourth-order valence-electron chi connectivity index (χ4n) is 3.33. The van der Waals surface area contributed by atoms with Crippen molar-refractivity contribution in [1.82, 2.24) is 19.5 Å². The number of alkyl halides is 3. The van der Waals surface area contributed by atoms with Crippen molar-refractivity contribution >= 4 is 28.4 Å². The maximum Gasteiger partial charge on any atom is 0.416 e. The van der Waals surface area contributed by atoms with Crippen molar-refractivity contribution in [3.63, 3.8) is 0 Å². The molecule has 3 N–H and O–H groups in total. The van der Waals surface area contributed by atoms with E-state index in [9.17, 15) is 22.0 Å². The summed E-state index contributed by atoms with van der Waals surface area (Å²) in [5, 5.41) is 2.62. The van der Waals surface area contributed by atoms with Gasteiger partial charge < -0.3 is 11.1 Å². The maximum absolute atomic E-state index is 14.6. The molecule has 4 aromatic rings. The molecule has 0 atom stereocenters. The molecule has 0 aliphatic rings. The fraction of sp³-hybridized carbons (Fsp3) is 0.190. The molecule has 32 heavy (non-hydrogen) atoms. The Hall–Kier alpha value is -3.76. The number of aryl methyl sites for hydroxylation is 2. The van der Waals surface area contributed by atoms with Crippen LogP contribution in [-0.4, -0.2) is 19.5 Å². The zero-order chi connectivity index (χ0) is 23.2. The second-order valence-corrected chi connectivity index (χ2v) is 7.08. The quantitative estimate of drug-likeness (QED) is 0.414. The molecule has 0 unspecified atom stereocenters. The Kier molecular flexibility index (Phi) is 5.19. The molecule has 2 heterocycles. The third-order valence-corrected chi connectivity index (χ3v) is 4.84. The van der Waals surface area contributed by atoms with E-state index in [1.807, 2.05) is 6.92 Å². The smallest absolute Gasteiger partial charge is 0.381 e. The van der Waals surface area contributed by atoms with Crippen LogP contribution < -0.4 is 11.1 Å². The van der Waals surface area contributed by atoms with Crippen LogP contribution in [0.15, 0.2) is 36.4 Å². The van der Waals surface area contributed by atoms with Gasteiger partial charge >= 0.3 is 6.18 Å². The molecule has 0 amide bonds. The van der Waals surface area contributed by atoms with E-state index in [2.05, 4.69) is 20.3 Å². The molecule has 166 valence electrons. The zero-order valence-electron chi connectivity index (χ0n) is 16.9. The predicted molar refractivity (Wildman–Crippen MR) is 110 cm³/mol. The number of nitrogens with zero attached hydrogens (tertiary/aromatic N) is 4. The molecule has 0 aliphatic carbocycles. The van der Waals surface area contributed by atoms with Gasteiger partial charge in [-0.25, -0.2) is 9.37 Å². The van der Waals surface area contributed by atoms with Gasteiger partial charge in [-0.05, 0) is 42.8 Å². The van der Waals surface area contributed by atoms with Crippen LogP contribution in [0, 0.1) is 18.6 Å². The van der Waals surface area contributed by atoms with Crippen LogP contribution in [0.3, 0.4) is 0 Å². The number of hydrogen-bond donors (Lipinski definition) is 2. The van der Waals surface area contributed by atoms with Crippen molar-refractivity contribution in [1.29, 1.82) is 0 Å². The largest absolute Gasteiger partial charge is 0.416 e. The Morgan fingerprint density at radius 2 is 1.72 bits per heavy atom. The number of nitrogen functional groups attached to an aromatic ring is 1. The highest BCUT2D eigenvalue weighted by atomic mass is 19.4. The van der Waals surface area contributed by atoms with Crippen LogP contribution in [0.5, 0.6) is 0 Å². The molecular formula is C21H17F5N6. The molecule has 0 fully saturated rings. The van der Waals surface area contributed by atoms with E-state index < -0.39 is 29.2 Å². The monoisotopic (exact) mass is 448 g/mol. The highest BCUT2D eigenvalue weighted by Crippen LogP contribution is 2.31. The molecule has 0 saturated carbocycles. The zero-order valence-corrected chi connectivity index (χ0v) is 16.9. The van der Waals surface area contributed by atoms with Gasteiger partial charge in [-0.15, -0.1) is 0 Å². The molecule has 0 aliphatic heterocycles. The van der Waals surface area contributed by atoms with E-state index in [0.29, 0.717) is 28.8 Å². The number of fused-ring (bicyclic) bond motifs is 1. The topological polar surface area (TPSA) is 81.7 Å². The van der Waals surface area contributed by atoms with Gasteiger partial charge in [0.1, 0.15) is 11.6 Å². The average molecular weight is 448 g/mol. The minimum absolute atomic E-state index is 0.0531. The van der Waals surface area contributed by atoms with Gasteiger partial charge in [0.05, 0.1) is 16.6 Å². The van der Waals surface area contributed by atoms with Gasteiger partial charge in [-0.1, -0.05) is 6.92 Å². The van der Waals surface area contributed by atoms with E-state index in [4.69, 9.17) is 5.73 Å². The maximum atomic E-state index is 14.6. The number of aromatic nitrogens is 4. The highest BCUT2D eigenvalue weighted by molar-refractivity contribution is 5.81. The van der Waals surface area contributed by atoms with Gasteiger partial charge in [0, 0.05) is 18.2 Å². The van der Waals surface area contributed by atoms with Crippen molar-refractivity contribution in [2.75, 3.05) is 11.1 Å². The van der Waals surface area contributed by atoms with Gasteiger partial charge in [0.25, 0.3) is 0 Å². The Labute approximate surface area is 178 Å². The molecule has 6 nitrogen and oxygen atoms in total. The van der Waals surface area contributed by atoms with Crippen LogP contribution in [0.1, 0.15) is 23.9 Å². The van der Waals surface area contributed by atoms with Crippen molar-refractivity contribution in [2.24, 2.45) is 0 Å². The second kappa shape index (κ2) is 7.74. The predicted octanol–water partition coefficient (Wildman–Crippen LogP) is 5.31. The first-order valence-electron chi connectivity index (χ1n) is 9.53. The summed E-state index contributed by atoms with van der Waals surface area (Å²) in [6.07, 6.45) is -4.05. The summed E-state index contributed by atoms with van der Waals surface area (Å²) in [6.45, 7) is 3.54. The normalized spacial score (nSPS) is 11.8. The summed E-state index contributed by atoms with van der Waals surface area (Å²) >= 11 is 0. The minimum Gasteiger partial charge on any atom is -0.381 e. The van der Waals surface area contributed by atoms with Gasteiger partial charge in [0.2, 0.25) is 11.8 Å². The molecule has 0 bridgehead atoms. The minimum atomic E-state index is -4.50. The summed E-state index contributed by atoms with van der Waals surface area (Å²) in [7, 11) is 0. The van der Waals surface area contributed by atoms with Crippen molar-refractivity contribution in [2.45, 2.75) is 26.4 Å². The molecule has 0 saturated heterocycles. The summed E-state index contributed by atoms with van der Waals surface area (Å²) in [4.78, 5) is 12.6. The lowest BCUT2D eigenvalue weighted by molar-refractivity contribution is -0.137. The Bertz CT molecular complexity index is 1310. The summed E-state index contributed by atoms with van der Waals surface area (Å²) in [6, 6.07) is 6.61. The van der Waals surface area contributed by atoms with Crippen LogP contribution in [0.25, 0.3) is 17.0 Å². The molecule has 2 aromatic heterocycles. The number of anilines is 3. The molecule has 11 heteroatoms. The summed E-state index contributed by atoms with van der Waals surface area (Å²) < 4.78 is 68.5. The fourth-order valence-corrected chi connectivity index (χ4v) is 3.33. The number of halogens is 5. The van der Waals surface area contributed by atoms with Crippen LogP contribution >= 0.6 is 0 Å². The highest BCUT2D eigenvalue weighted by Gasteiger charge is 2.30. The molecule has 2 aromatic carbocycles. The average Bonchev–Trinajstić information content (AvgIpc) is 3.10. The first kappa shape index (κ1) is 21.5. The van der Waals surface area contributed by atoms with Crippen LogP contribution in [0.2, 0.25) is 0 Å². The first-order chi connectivity index (χ1) is 15.1. The van der Waals surface area contributed by atoms with Crippen molar-refractivity contribution in [3.05, 3.63) is 65.0 Å². The van der Waals surface area contributed by atoms with Crippen molar-refractivity contribution in [3.8, 4) is 5.95 Å². The number of hydrogen-bond acceptors (Lipinski definition) is 5. The first-order valence-corrected chi connectivity index (χ1v) is 9.53. The number of nitrogens with one attached hydrogen (secondary N) is 1. The van der Waals surface area contributed by atoms with E-state index in [-0.39, 0.29) is 17.5 Å². The third-order valence-electron chi connectivity index (χ3n) is 4.84. The Morgan fingerprint density at radius 1 is 1.03 bits per heavy atom. The molecule has 0 spiro atoms. The van der Waals surface area contributed by atoms with Gasteiger partial charge in [-0.3, -0.25) is 4.57 Å². The van der Waals surface area contributed by atoms with Crippen LogP contribution in [-0.2, 0) is 12.6 Å². The number of nitrogens with two attached hydrogens (primary N) is 1. The summed E-state index contributed by atoms with van der Waals surface area (Å²) in [5.41, 5.74) is 6.57. The Morgan fingerprint density at radius 3 is 2.34 bits per heavy atom. The van der Waals surface area contributed by atoms with E-state index in [1.54, 1.807) is 6.92 Å². The standard InChI is InChI=1S/C21H17F5N6/c1-3-15-29-17-10(2)8-12(22)9-14(17)32(15)20-30-18(27)16(23)19(31-20)28-13-6-4-11(5-7-13)21(24,25)26/h4-9H,3H2,1-2H3,(H3,27,28,30,31). The van der Waals surface area contributed by atoms with E-state index in [0.717, 1.165) is 24.3 Å².